The number of sulfone groups is 1. The van der Waals surface area contributed by atoms with E-state index in [0.29, 0.717) is 24.9 Å². The van der Waals surface area contributed by atoms with Crippen molar-refractivity contribution in [1.82, 2.24) is 0 Å². The second kappa shape index (κ2) is 12.5. The van der Waals surface area contributed by atoms with E-state index in [-0.39, 0.29) is 10.5 Å². The zero-order chi connectivity index (χ0) is 25.3. The van der Waals surface area contributed by atoms with E-state index in [9.17, 15) is 17.6 Å². The van der Waals surface area contributed by atoms with Crippen molar-refractivity contribution in [2.24, 2.45) is 0 Å². The number of carbonyl (C=O) groups is 1. The minimum Gasteiger partial charge on any atom is -0.478 e. The van der Waals surface area contributed by atoms with Crippen LogP contribution in [-0.2, 0) is 22.7 Å². The van der Waals surface area contributed by atoms with Gasteiger partial charge in [-0.15, -0.1) is 0 Å². The van der Waals surface area contributed by atoms with E-state index in [4.69, 9.17) is 5.11 Å². The molecule has 0 aliphatic carbocycles. The summed E-state index contributed by atoms with van der Waals surface area (Å²) in [6, 6.07) is 19.8. The molecule has 0 saturated carbocycles. The van der Waals surface area contributed by atoms with Crippen molar-refractivity contribution < 1.29 is 22.7 Å². The third-order valence-electron chi connectivity index (χ3n) is 6.06. The van der Waals surface area contributed by atoms with Crippen LogP contribution in [0.3, 0.4) is 0 Å². The minimum absolute atomic E-state index is 0.236. The van der Waals surface area contributed by atoms with E-state index >= 15 is 0 Å². The van der Waals surface area contributed by atoms with Crippen LogP contribution in [0.15, 0.2) is 77.7 Å². The van der Waals surface area contributed by atoms with Crippen LogP contribution in [0.5, 0.6) is 0 Å². The second-order valence-corrected chi connectivity index (χ2v) is 10.7. The Morgan fingerprint density at radius 1 is 0.914 bits per heavy atom. The molecule has 186 valence electrons. The monoisotopic (exact) mass is 497 g/mol. The highest BCUT2D eigenvalue weighted by molar-refractivity contribution is 7.92. The Balaban J connectivity index is 1.82. The number of hydrogen-bond donors (Lipinski definition) is 2. The predicted molar refractivity (Wildman–Crippen MR) is 137 cm³/mol. The van der Waals surface area contributed by atoms with Crippen molar-refractivity contribution in [1.29, 1.82) is 0 Å². The lowest BCUT2D eigenvalue weighted by molar-refractivity contribution is 0.0697. The minimum atomic E-state index is -3.96. The summed E-state index contributed by atoms with van der Waals surface area (Å²) in [6.45, 7) is 2.09. The number of rotatable bonds is 13. The molecule has 0 radical (unpaired) electrons. The molecule has 7 heteroatoms. The van der Waals surface area contributed by atoms with Gasteiger partial charge in [0.25, 0.3) is 0 Å². The molecule has 0 bridgehead atoms. The first kappa shape index (κ1) is 26.4. The molecule has 0 aromatic heterocycles. The topological polar surface area (TPSA) is 83.5 Å². The van der Waals surface area contributed by atoms with Gasteiger partial charge < -0.3 is 10.4 Å². The Bertz CT molecular complexity index is 1230. The third kappa shape index (κ3) is 7.15. The number of aryl methyl sites for hydroxylation is 2. The number of hydrogen-bond acceptors (Lipinski definition) is 4. The highest BCUT2D eigenvalue weighted by Crippen LogP contribution is 2.27. The smallest absolute Gasteiger partial charge is 0.335 e. The number of aromatic carboxylic acids is 1. The third-order valence-corrected chi connectivity index (χ3v) is 8.10. The zero-order valence-electron chi connectivity index (χ0n) is 19.9. The van der Waals surface area contributed by atoms with Gasteiger partial charge in [0.2, 0.25) is 9.84 Å². The number of benzene rings is 3. The largest absolute Gasteiger partial charge is 0.478 e. The van der Waals surface area contributed by atoms with Gasteiger partial charge in [0.1, 0.15) is 16.1 Å². The van der Waals surface area contributed by atoms with Gasteiger partial charge >= 0.3 is 5.97 Å². The fourth-order valence-corrected chi connectivity index (χ4v) is 5.71. The zero-order valence-corrected chi connectivity index (χ0v) is 20.7. The lowest BCUT2D eigenvalue weighted by atomic mass is 10.0. The number of carboxylic acids is 1. The Kier molecular flexibility index (Phi) is 9.43. The summed E-state index contributed by atoms with van der Waals surface area (Å²) in [5.74, 6) is -1.71. The van der Waals surface area contributed by atoms with Crippen molar-refractivity contribution in [2.45, 2.75) is 62.1 Å². The molecule has 3 aromatic rings. The molecule has 1 unspecified atom stereocenters. The van der Waals surface area contributed by atoms with E-state index in [1.54, 1.807) is 24.3 Å². The van der Waals surface area contributed by atoms with Gasteiger partial charge in [0.05, 0.1) is 5.56 Å². The van der Waals surface area contributed by atoms with Gasteiger partial charge in [0, 0.05) is 5.69 Å². The molecule has 0 amide bonds. The average Bonchev–Trinajstić information content (AvgIpc) is 2.85. The molecule has 0 fully saturated rings. The van der Waals surface area contributed by atoms with Crippen LogP contribution < -0.4 is 5.32 Å². The fraction of sp³-hybridized carbons (Fsp3) is 0.321. The van der Waals surface area contributed by atoms with Crippen LogP contribution in [0, 0.1) is 5.82 Å². The van der Waals surface area contributed by atoms with Crippen LogP contribution in [0.1, 0.15) is 60.5 Å². The van der Waals surface area contributed by atoms with Crippen molar-refractivity contribution in [3.05, 3.63) is 95.3 Å². The van der Waals surface area contributed by atoms with Crippen molar-refractivity contribution in [3.8, 4) is 0 Å². The molecule has 0 heterocycles. The van der Waals surface area contributed by atoms with E-state index in [2.05, 4.69) is 12.2 Å². The Hall–Kier alpha value is -3.19. The Morgan fingerprint density at radius 3 is 2.29 bits per heavy atom. The predicted octanol–water partition coefficient (Wildman–Crippen LogP) is 6.49. The lowest BCUT2D eigenvalue weighted by Crippen LogP contribution is -2.31. The molecular weight excluding hydrogens is 465 g/mol. The molecule has 0 aliphatic heterocycles. The van der Waals surface area contributed by atoms with Gasteiger partial charge in [-0.1, -0.05) is 75.1 Å². The first-order valence-electron chi connectivity index (χ1n) is 12.0. The number of halogens is 1. The molecule has 2 N–H and O–H groups in total. The quantitative estimate of drug-likeness (QED) is 0.264. The molecule has 0 spiro atoms. The number of nitrogens with one attached hydrogen (secondary N) is 1. The summed E-state index contributed by atoms with van der Waals surface area (Å²) in [6.07, 6.45) is 5.37. The Labute approximate surface area is 206 Å². The van der Waals surface area contributed by atoms with E-state index in [1.165, 1.54) is 24.3 Å². The standard InChI is InChI=1S/C28H32FNO4S/c1-2-3-4-5-14-27(35(33,34)26-13-9-7-11-24(26)29)30-25-12-8-6-10-22(25)18-15-21-16-19-23(20-17-21)28(31)32/h6-13,16-17,19-20,27,30H,2-5,14-15,18H2,1H3,(H,31,32). The van der Waals surface area contributed by atoms with Crippen molar-refractivity contribution >= 4 is 21.5 Å². The molecular formula is C28H32FNO4S. The lowest BCUT2D eigenvalue weighted by Gasteiger charge is -2.22. The summed E-state index contributed by atoms with van der Waals surface area (Å²) >= 11 is 0. The van der Waals surface area contributed by atoms with Gasteiger partial charge in [0.15, 0.2) is 0 Å². The van der Waals surface area contributed by atoms with Gasteiger partial charge in [-0.05, 0) is 60.7 Å². The Morgan fingerprint density at radius 2 is 1.60 bits per heavy atom. The van der Waals surface area contributed by atoms with E-state index < -0.39 is 27.0 Å². The van der Waals surface area contributed by atoms with Gasteiger partial charge in [-0.3, -0.25) is 0 Å². The molecule has 3 aromatic carbocycles. The molecule has 0 aliphatic rings. The fourth-order valence-electron chi connectivity index (χ4n) is 4.04. The van der Waals surface area contributed by atoms with Crippen LogP contribution in [0.4, 0.5) is 10.1 Å². The summed E-state index contributed by atoms with van der Waals surface area (Å²) < 4.78 is 41.3. The maximum absolute atomic E-state index is 14.4. The second-order valence-electron chi connectivity index (χ2n) is 8.62. The van der Waals surface area contributed by atoms with Crippen molar-refractivity contribution in [2.75, 3.05) is 5.32 Å². The average molecular weight is 498 g/mol. The van der Waals surface area contributed by atoms with Gasteiger partial charge in [-0.25, -0.2) is 17.6 Å². The SMILES string of the molecule is CCCCCCC(Nc1ccccc1CCc1ccc(C(=O)O)cc1)S(=O)(=O)c1ccccc1F. The van der Waals surface area contributed by atoms with E-state index in [1.807, 2.05) is 24.3 Å². The maximum Gasteiger partial charge on any atom is 0.335 e. The van der Waals surface area contributed by atoms with E-state index in [0.717, 1.165) is 36.8 Å². The van der Waals surface area contributed by atoms with Crippen molar-refractivity contribution in [3.63, 3.8) is 0 Å². The highest BCUT2D eigenvalue weighted by atomic mass is 32.2. The van der Waals surface area contributed by atoms with Crippen LogP contribution in [0.2, 0.25) is 0 Å². The van der Waals surface area contributed by atoms with Crippen LogP contribution in [-0.4, -0.2) is 24.9 Å². The molecule has 5 nitrogen and oxygen atoms in total. The number of para-hydroxylation sites is 1. The molecule has 35 heavy (non-hydrogen) atoms. The van der Waals surface area contributed by atoms with Crippen LogP contribution in [0.25, 0.3) is 0 Å². The highest BCUT2D eigenvalue weighted by Gasteiger charge is 2.30. The number of carboxylic acid groups (broad SMARTS) is 1. The number of anilines is 1. The first-order chi connectivity index (χ1) is 16.8. The summed E-state index contributed by atoms with van der Waals surface area (Å²) in [5, 5.41) is 11.3. The summed E-state index contributed by atoms with van der Waals surface area (Å²) in [4.78, 5) is 10.8. The molecule has 1 atom stereocenters. The maximum atomic E-state index is 14.4. The summed E-state index contributed by atoms with van der Waals surface area (Å²) in [5.41, 5.74) is 2.87. The normalized spacial score (nSPS) is 12.3. The molecule has 0 saturated heterocycles. The van der Waals surface area contributed by atoms with Gasteiger partial charge in [-0.2, -0.15) is 0 Å². The number of unbranched alkanes of at least 4 members (excludes halogenated alkanes) is 3. The van der Waals surface area contributed by atoms with Crippen LogP contribution >= 0.6 is 0 Å². The first-order valence-corrected chi connectivity index (χ1v) is 13.5. The molecule has 3 rings (SSSR count). The summed E-state index contributed by atoms with van der Waals surface area (Å²) in [7, 11) is -3.96.